The number of rotatable bonds is 6. The molecule has 1 amide bonds. The predicted molar refractivity (Wildman–Crippen MR) is 103 cm³/mol. The number of carbonyl (C=O) groups is 2. The van der Waals surface area contributed by atoms with Crippen molar-refractivity contribution in [1.82, 2.24) is 14.7 Å². The average molecular weight is 386 g/mol. The summed E-state index contributed by atoms with van der Waals surface area (Å²) < 4.78 is 1.58. The van der Waals surface area contributed by atoms with Crippen molar-refractivity contribution in [2.75, 3.05) is 0 Å². The minimum Gasteiger partial charge on any atom is -0.481 e. The van der Waals surface area contributed by atoms with Crippen LogP contribution in [-0.2, 0) is 4.79 Å². The molecule has 0 saturated carbocycles. The van der Waals surface area contributed by atoms with Gasteiger partial charge in [-0.1, -0.05) is 55.8 Å². The number of hydrogen-bond donors (Lipinski definition) is 2. The fraction of sp³-hybridized carbons (Fsp3) is 0.250. The Morgan fingerprint density at radius 3 is 2.44 bits per heavy atom. The monoisotopic (exact) mass is 385 g/mol. The molecular weight excluding hydrogens is 366 g/mol. The lowest BCUT2D eigenvalue weighted by Gasteiger charge is -2.18. The smallest absolute Gasteiger partial charge is 0.305 e. The lowest BCUT2D eigenvalue weighted by Crippen LogP contribution is -2.31. The molecule has 0 aliphatic rings. The summed E-state index contributed by atoms with van der Waals surface area (Å²) in [5.41, 5.74) is 2.59. The van der Waals surface area contributed by atoms with E-state index in [1.54, 1.807) is 28.8 Å². The zero-order valence-corrected chi connectivity index (χ0v) is 15.8. The molecule has 0 aliphatic carbocycles. The summed E-state index contributed by atoms with van der Waals surface area (Å²) in [6, 6.07) is 12.2. The van der Waals surface area contributed by atoms with E-state index in [0.29, 0.717) is 11.6 Å². The number of fused-ring (bicyclic) bond motifs is 1. The van der Waals surface area contributed by atoms with Crippen LogP contribution in [0.15, 0.2) is 48.7 Å². The van der Waals surface area contributed by atoms with Gasteiger partial charge in [0.15, 0.2) is 10.8 Å². The van der Waals surface area contributed by atoms with Gasteiger partial charge in [0.05, 0.1) is 12.5 Å². The summed E-state index contributed by atoms with van der Waals surface area (Å²) in [5.74, 6) is -1.11. The Kier molecular flexibility index (Phi) is 5.46. The number of carboxylic acid groups (broad SMARTS) is 1. The van der Waals surface area contributed by atoms with Crippen LogP contribution in [0.25, 0.3) is 5.65 Å². The number of benzene rings is 1. The van der Waals surface area contributed by atoms with E-state index < -0.39 is 17.9 Å². The van der Waals surface area contributed by atoms with E-state index in [4.69, 9.17) is 11.6 Å². The molecule has 0 radical (unpaired) electrons. The fourth-order valence-electron chi connectivity index (χ4n) is 2.94. The van der Waals surface area contributed by atoms with Crippen LogP contribution in [0.2, 0.25) is 5.15 Å². The molecule has 6 nitrogen and oxygen atoms in total. The van der Waals surface area contributed by atoms with Crippen LogP contribution in [0.3, 0.4) is 0 Å². The lowest BCUT2D eigenvalue weighted by atomic mass is 9.97. The third-order valence-electron chi connectivity index (χ3n) is 4.39. The largest absolute Gasteiger partial charge is 0.481 e. The Bertz CT molecular complexity index is 980. The van der Waals surface area contributed by atoms with Crippen molar-refractivity contribution >= 4 is 29.1 Å². The molecule has 0 spiro atoms. The van der Waals surface area contributed by atoms with Gasteiger partial charge in [-0.05, 0) is 29.2 Å². The SMILES string of the molecule is CC(C)c1ccc([C@H](CC(=O)O)NC(=O)c2c(Cl)nc3ccccn23)cc1. The number of aromatic nitrogens is 2. The maximum Gasteiger partial charge on any atom is 0.305 e. The average Bonchev–Trinajstić information content (AvgIpc) is 2.96. The van der Waals surface area contributed by atoms with E-state index in [9.17, 15) is 14.7 Å². The molecule has 1 aromatic carbocycles. The number of aliphatic carboxylic acids is 1. The summed E-state index contributed by atoms with van der Waals surface area (Å²) in [6.07, 6.45) is 1.45. The van der Waals surface area contributed by atoms with Crippen molar-refractivity contribution < 1.29 is 14.7 Å². The van der Waals surface area contributed by atoms with Crippen LogP contribution < -0.4 is 5.32 Å². The van der Waals surface area contributed by atoms with Crippen LogP contribution in [0, 0.1) is 0 Å². The third-order valence-corrected chi connectivity index (χ3v) is 4.66. The molecule has 0 saturated heterocycles. The molecule has 27 heavy (non-hydrogen) atoms. The first kappa shape index (κ1) is 18.9. The highest BCUT2D eigenvalue weighted by Crippen LogP contribution is 2.23. The van der Waals surface area contributed by atoms with E-state index >= 15 is 0 Å². The van der Waals surface area contributed by atoms with Crippen LogP contribution >= 0.6 is 11.6 Å². The molecule has 0 fully saturated rings. The molecular formula is C20H20ClN3O3. The molecule has 1 atom stereocenters. The summed E-state index contributed by atoms with van der Waals surface area (Å²) >= 11 is 6.14. The molecule has 7 heteroatoms. The zero-order chi connectivity index (χ0) is 19.6. The van der Waals surface area contributed by atoms with Crippen molar-refractivity contribution in [2.45, 2.75) is 32.2 Å². The number of nitrogens with zero attached hydrogens (tertiary/aromatic N) is 2. The first-order chi connectivity index (χ1) is 12.9. The van der Waals surface area contributed by atoms with Gasteiger partial charge in [0.2, 0.25) is 0 Å². The van der Waals surface area contributed by atoms with Gasteiger partial charge in [-0.25, -0.2) is 4.98 Å². The molecule has 2 heterocycles. The van der Waals surface area contributed by atoms with E-state index in [1.165, 1.54) is 0 Å². The van der Waals surface area contributed by atoms with Gasteiger partial charge in [0, 0.05) is 6.20 Å². The molecule has 2 N–H and O–H groups in total. The molecule has 2 aromatic heterocycles. The van der Waals surface area contributed by atoms with Crippen molar-refractivity contribution in [3.05, 3.63) is 70.6 Å². The van der Waals surface area contributed by atoms with Crippen LogP contribution in [-0.4, -0.2) is 26.4 Å². The van der Waals surface area contributed by atoms with Crippen molar-refractivity contribution in [3.63, 3.8) is 0 Å². The normalized spacial score (nSPS) is 12.3. The van der Waals surface area contributed by atoms with Crippen molar-refractivity contribution in [2.24, 2.45) is 0 Å². The number of imidazole rings is 1. The minimum atomic E-state index is -1.00. The molecule has 0 aliphatic heterocycles. The Balaban J connectivity index is 1.90. The van der Waals surface area contributed by atoms with E-state index in [0.717, 1.165) is 11.1 Å². The summed E-state index contributed by atoms with van der Waals surface area (Å²) in [6.45, 7) is 4.16. The molecule has 0 bridgehead atoms. The predicted octanol–water partition coefficient (Wildman–Crippen LogP) is 4.06. The first-order valence-corrected chi connectivity index (χ1v) is 8.99. The number of pyridine rings is 1. The topological polar surface area (TPSA) is 83.7 Å². The van der Waals surface area contributed by atoms with Crippen molar-refractivity contribution in [1.29, 1.82) is 0 Å². The van der Waals surface area contributed by atoms with E-state index in [2.05, 4.69) is 24.1 Å². The van der Waals surface area contributed by atoms with Gasteiger partial charge < -0.3 is 10.4 Å². The van der Waals surface area contributed by atoms with E-state index in [1.807, 2.05) is 24.3 Å². The van der Waals surface area contributed by atoms with Crippen molar-refractivity contribution in [3.8, 4) is 0 Å². The highest BCUT2D eigenvalue weighted by atomic mass is 35.5. The minimum absolute atomic E-state index is 0.0722. The number of amides is 1. The number of halogens is 1. The zero-order valence-electron chi connectivity index (χ0n) is 15.0. The summed E-state index contributed by atoms with van der Waals surface area (Å²) in [5, 5.41) is 12.1. The number of nitrogens with one attached hydrogen (secondary N) is 1. The lowest BCUT2D eigenvalue weighted by molar-refractivity contribution is -0.137. The Labute approximate surface area is 161 Å². The molecule has 3 rings (SSSR count). The number of hydrogen-bond acceptors (Lipinski definition) is 3. The maximum atomic E-state index is 12.8. The van der Waals surface area contributed by atoms with E-state index in [-0.39, 0.29) is 17.3 Å². The van der Waals surface area contributed by atoms with Crippen LogP contribution in [0.1, 0.15) is 53.8 Å². The quantitative estimate of drug-likeness (QED) is 0.670. The van der Waals surface area contributed by atoms with Crippen LogP contribution in [0.5, 0.6) is 0 Å². The molecule has 3 aromatic rings. The number of carbonyl (C=O) groups excluding carboxylic acids is 1. The summed E-state index contributed by atoms with van der Waals surface area (Å²) in [7, 11) is 0. The first-order valence-electron chi connectivity index (χ1n) is 8.62. The maximum absolute atomic E-state index is 12.8. The van der Waals surface area contributed by atoms with Crippen LogP contribution in [0.4, 0.5) is 0 Å². The van der Waals surface area contributed by atoms with Gasteiger partial charge >= 0.3 is 5.97 Å². The van der Waals surface area contributed by atoms with Gasteiger partial charge in [0.25, 0.3) is 5.91 Å². The van der Waals surface area contributed by atoms with Gasteiger partial charge in [-0.15, -0.1) is 0 Å². The second-order valence-electron chi connectivity index (χ2n) is 6.63. The fourth-order valence-corrected chi connectivity index (χ4v) is 3.20. The highest BCUT2D eigenvalue weighted by molar-refractivity contribution is 6.32. The Morgan fingerprint density at radius 2 is 1.81 bits per heavy atom. The van der Waals surface area contributed by atoms with Gasteiger partial charge in [-0.2, -0.15) is 0 Å². The molecule has 0 unspecified atom stereocenters. The standard InChI is InChI=1S/C20H20ClN3O3/c1-12(2)13-6-8-14(9-7-13)15(11-17(25)26)22-20(27)18-19(21)23-16-5-3-4-10-24(16)18/h3-10,12,15H,11H2,1-2H3,(H,22,27)(H,25,26)/t15-/m0/s1. The highest BCUT2D eigenvalue weighted by Gasteiger charge is 2.23. The second-order valence-corrected chi connectivity index (χ2v) is 6.98. The molecule has 140 valence electrons. The van der Waals surface area contributed by atoms with Gasteiger partial charge in [0.1, 0.15) is 5.65 Å². The Morgan fingerprint density at radius 1 is 1.15 bits per heavy atom. The second kappa shape index (κ2) is 7.80. The third kappa shape index (κ3) is 4.11. The number of carboxylic acids is 1. The Hall–Kier alpha value is -2.86. The van der Waals surface area contributed by atoms with Gasteiger partial charge in [-0.3, -0.25) is 14.0 Å². The summed E-state index contributed by atoms with van der Waals surface area (Å²) in [4.78, 5) is 28.3.